The number of amides is 3. The molecule has 0 aliphatic carbocycles. The lowest BCUT2D eigenvalue weighted by atomic mass is 10.1. The maximum absolute atomic E-state index is 12.4. The van der Waals surface area contributed by atoms with Gasteiger partial charge in [0.2, 0.25) is 0 Å². The predicted molar refractivity (Wildman–Crippen MR) is 111 cm³/mol. The number of halogens is 1. The molecular weight excluding hydrogens is 422 g/mol. The first-order chi connectivity index (χ1) is 13.4. The van der Waals surface area contributed by atoms with Gasteiger partial charge in [-0.1, -0.05) is 28.1 Å². The van der Waals surface area contributed by atoms with Crippen molar-refractivity contribution in [3.8, 4) is 0 Å². The molecule has 28 heavy (non-hydrogen) atoms. The predicted octanol–water partition coefficient (Wildman–Crippen LogP) is 3.20. The molecule has 3 amide bonds. The van der Waals surface area contributed by atoms with Crippen molar-refractivity contribution in [3.63, 3.8) is 0 Å². The lowest BCUT2D eigenvalue weighted by Gasteiger charge is -2.33. The van der Waals surface area contributed by atoms with E-state index in [0.29, 0.717) is 31.7 Å². The molecule has 0 radical (unpaired) electrons. The van der Waals surface area contributed by atoms with Crippen LogP contribution in [0, 0.1) is 6.92 Å². The summed E-state index contributed by atoms with van der Waals surface area (Å²) < 4.78 is 0.989. The van der Waals surface area contributed by atoms with Gasteiger partial charge in [-0.2, -0.15) is 0 Å². The second kappa shape index (κ2) is 8.56. The Balaban J connectivity index is 1.63. The van der Waals surface area contributed by atoms with Crippen LogP contribution in [0.3, 0.4) is 0 Å². The van der Waals surface area contributed by atoms with Gasteiger partial charge in [-0.05, 0) is 55.3 Å². The molecule has 0 atom stereocenters. The number of nitrogens with one attached hydrogen (secondary N) is 1. The van der Waals surface area contributed by atoms with Crippen molar-refractivity contribution in [2.24, 2.45) is 0 Å². The minimum atomic E-state index is -0.472. The van der Waals surface area contributed by atoms with Crippen molar-refractivity contribution < 1.29 is 14.4 Å². The SMILES string of the molecule is CCN1CCN(Cc2ccc(C(=O)Nc3ccc(Br)c(C)c3)cc2)C(=O)C1=O. The number of likely N-dealkylation sites (N-methyl/N-ethyl adjacent to an activating group) is 1. The summed E-state index contributed by atoms with van der Waals surface area (Å²) >= 11 is 3.44. The molecule has 146 valence electrons. The number of rotatable bonds is 5. The maximum Gasteiger partial charge on any atom is 0.312 e. The highest BCUT2D eigenvalue weighted by Gasteiger charge is 2.31. The summed E-state index contributed by atoms with van der Waals surface area (Å²) in [6.45, 7) is 5.79. The highest BCUT2D eigenvalue weighted by Crippen LogP contribution is 2.20. The van der Waals surface area contributed by atoms with Crippen molar-refractivity contribution in [1.29, 1.82) is 0 Å². The lowest BCUT2D eigenvalue weighted by Crippen LogP contribution is -2.53. The van der Waals surface area contributed by atoms with Gasteiger partial charge < -0.3 is 15.1 Å². The fourth-order valence-electron chi connectivity index (χ4n) is 3.08. The van der Waals surface area contributed by atoms with E-state index in [4.69, 9.17) is 0 Å². The van der Waals surface area contributed by atoms with Gasteiger partial charge in [0.15, 0.2) is 0 Å². The van der Waals surface area contributed by atoms with Crippen LogP contribution in [0.15, 0.2) is 46.9 Å². The van der Waals surface area contributed by atoms with Gasteiger partial charge in [-0.25, -0.2) is 0 Å². The lowest BCUT2D eigenvalue weighted by molar-refractivity contribution is -0.156. The van der Waals surface area contributed by atoms with E-state index in [0.717, 1.165) is 21.3 Å². The van der Waals surface area contributed by atoms with Crippen molar-refractivity contribution in [2.75, 3.05) is 25.0 Å². The van der Waals surface area contributed by atoms with E-state index in [1.54, 1.807) is 21.9 Å². The third-order valence-electron chi connectivity index (χ3n) is 4.78. The number of anilines is 1. The Morgan fingerprint density at radius 2 is 1.68 bits per heavy atom. The number of hydrogen-bond donors (Lipinski definition) is 1. The summed E-state index contributed by atoms with van der Waals surface area (Å²) in [5, 5.41) is 2.88. The van der Waals surface area contributed by atoms with Crippen LogP contribution in [-0.4, -0.2) is 47.2 Å². The monoisotopic (exact) mass is 443 g/mol. The normalized spacial score (nSPS) is 14.4. The van der Waals surface area contributed by atoms with Crippen LogP contribution >= 0.6 is 15.9 Å². The molecule has 2 aromatic carbocycles. The molecule has 3 rings (SSSR count). The summed E-state index contributed by atoms with van der Waals surface area (Å²) in [4.78, 5) is 39.7. The Hall–Kier alpha value is -2.67. The van der Waals surface area contributed by atoms with Crippen molar-refractivity contribution in [2.45, 2.75) is 20.4 Å². The fourth-order valence-corrected chi connectivity index (χ4v) is 3.32. The largest absolute Gasteiger partial charge is 0.333 e. The zero-order chi connectivity index (χ0) is 20.3. The molecule has 0 unspecified atom stereocenters. The smallest absolute Gasteiger partial charge is 0.312 e. The highest BCUT2D eigenvalue weighted by molar-refractivity contribution is 9.10. The van der Waals surface area contributed by atoms with E-state index < -0.39 is 11.8 Å². The zero-order valence-electron chi connectivity index (χ0n) is 15.9. The summed E-state index contributed by atoms with van der Waals surface area (Å²) in [5.41, 5.74) is 3.17. The third-order valence-corrected chi connectivity index (χ3v) is 5.67. The van der Waals surface area contributed by atoms with E-state index in [9.17, 15) is 14.4 Å². The third kappa shape index (κ3) is 4.42. The summed E-state index contributed by atoms with van der Waals surface area (Å²) in [6, 6.07) is 12.7. The van der Waals surface area contributed by atoms with Gasteiger partial charge in [0.1, 0.15) is 0 Å². The van der Waals surface area contributed by atoms with E-state index in [-0.39, 0.29) is 5.91 Å². The summed E-state index contributed by atoms with van der Waals surface area (Å²) in [7, 11) is 0. The first-order valence-corrected chi connectivity index (χ1v) is 9.93. The second-order valence-corrected chi connectivity index (χ2v) is 7.58. The molecule has 1 saturated heterocycles. The molecule has 0 spiro atoms. The molecule has 1 fully saturated rings. The first kappa shape index (κ1) is 20.1. The second-order valence-electron chi connectivity index (χ2n) is 6.73. The Labute approximate surface area is 172 Å². The Bertz CT molecular complexity index is 912. The minimum absolute atomic E-state index is 0.198. The zero-order valence-corrected chi connectivity index (χ0v) is 17.5. The average molecular weight is 444 g/mol. The molecule has 1 heterocycles. The van der Waals surface area contributed by atoms with Gasteiger partial charge in [-0.15, -0.1) is 0 Å². The van der Waals surface area contributed by atoms with Crippen molar-refractivity contribution >= 4 is 39.3 Å². The topological polar surface area (TPSA) is 69.7 Å². The summed E-state index contributed by atoms with van der Waals surface area (Å²) in [6.07, 6.45) is 0. The first-order valence-electron chi connectivity index (χ1n) is 9.13. The highest BCUT2D eigenvalue weighted by atomic mass is 79.9. The number of piperazine rings is 1. The number of benzene rings is 2. The number of carbonyl (C=O) groups is 3. The molecule has 1 N–H and O–H groups in total. The molecule has 0 bridgehead atoms. The van der Waals surface area contributed by atoms with Crippen molar-refractivity contribution in [3.05, 3.63) is 63.6 Å². The average Bonchev–Trinajstić information content (AvgIpc) is 2.69. The number of hydrogen-bond acceptors (Lipinski definition) is 3. The van der Waals surface area contributed by atoms with Gasteiger partial charge in [-0.3, -0.25) is 14.4 Å². The van der Waals surface area contributed by atoms with Crippen molar-refractivity contribution in [1.82, 2.24) is 9.80 Å². The van der Waals surface area contributed by atoms with Crippen LogP contribution in [-0.2, 0) is 16.1 Å². The quantitative estimate of drug-likeness (QED) is 0.721. The van der Waals surface area contributed by atoms with E-state index >= 15 is 0 Å². The Morgan fingerprint density at radius 1 is 1.04 bits per heavy atom. The molecule has 1 aliphatic heterocycles. The molecule has 0 saturated carbocycles. The van der Waals surface area contributed by atoms with Gasteiger partial charge in [0.25, 0.3) is 5.91 Å². The molecule has 1 aliphatic rings. The number of aryl methyl sites for hydroxylation is 1. The molecule has 6 nitrogen and oxygen atoms in total. The summed E-state index contributed by atoms with van der Waals surface area (Å²) in [5.74, 6) is -1.12. The van der Waals surface area contributed by atoms with Crippen LogP contribution < -0.4 is 5.32 Å². The maximum atomic E-state index is 12.4. The fraction of sp³-hybridized carbons (Fsp3) is 0.286. The van der Waals surface area contributed by atoms with Crippen LogP contribution in [0.5, 0.6) is 0 Å². The van der Waals surface area contributed by atoms with Gasteiger partial charge >= 0.3 is 11.8 Å². The van der Waals surface area contributed by atoms with E-state index in [1.807, 2.05) is 44.2 Å². The van der Waals surface area contributed by atoms with E-state index in [2.05, 4.69) is 21.2 Å². The molecule has 0 aromatic heterocycles. The van der Waals surface area contributed by atoms with Crippen LogP contribution in [0.2, 0.25) is 0 Å². The van der Waals surface area contributed by atoms with Gasteiger partial charge in [0, 0.05) is 41.9 Å². The van der Waals surface area contributed by atoms with E-state index in [1.165, 1.54) is 0 Å². The molecular formula is C21H22BrN3O3. The minimum Gasteiger partial charge on any atom is -0.333 e. The van der Waals surface area contributed by atoms with Crippen LogP contribution in [0.1, 0.15) is 28.4 Å². The number of nitrogens with zero attached hydrogens (tertiary/aromatic N) is 2. The Kier molecular flexibility index (Phi) is 6.14. The van der Waals surface area contributed by atoms with Crippen LogP contribution in [0.25, 0.3) is 0 Å². The van der Waals surface area contributed by atoms with Gasteiger partial charge in [0.05, 0.1) is 0 Å². The molecule has 7 heteroatoms. The van der Waals surface area contributed by atoms with Crippen LogP contribution in [0.4, 0.5) is 5.69 Å². The molecule has 2 aromatic rings. The Morgan fingerprint density at radius 3 is 2.32 bits per heavy atom. The number of carbonyl (C=O) groups excluding carboxylic acids is 3. The standard InChI is InChI=1S/C21H22BrN3O3/c1-3-24-10-11-25(21(28)20(24)27)13-15-4-6-16(7-5-15)19(26)23-17-8-9-18(22)14(2)12-17/h4-9,12H,3,10-11,13H2,1-2H3,(H,23,26).